The van der Waals surface area contributed by atoms with Crippen molar-refractivity contribution in [1.82, 2.24) is 0 Å². The lowest BCUT2D eigenvalue weighted by Gasteiger charge is -2.25. The first-order valence-electron chi connectivity index (χ1n) is 10.5. The van der Waals surface area contributed by atoms with Gasteiger partial charge in [-0.3, -0.25) is 9.59 Å². The van der Waals surface area contributed by atoms with Crippen LogP contribution in [-0.4, -0.2) is 45.7 Å². The average molecular weight is 437 g/mol. The van der Waals surface area contributed by atoms with Crippen LogP contribution in [-0.2, 0) is 9.59 Å². The van der Waals surface area contributed by atoms with E-state index in [0.29, 0.717) is 35.2 Å². The Morgan fingerprint density at radius 2 is 1.88 bits per heavy atom. The van der Waals surface area contributed by atoms with Gasteiger partial charge in [0.2, 0.25) is 11.8 Å². The van der Waals surface area contributed by atoms with Crippen LogP contribution in [0.25, 0.3) is 0 Å². The number of hydrogen-bond donors (Lipinski definition) is 0. The minimum absolute atomic E-state index is 0.0826. The number of anilines is 2. The molecule has 8 nitrogen and oxygen atoms in total. The second kappa shape index (κ2) is 10.5. The van der Waals surface area contributed by atoms with Gasteiger partial charge in [-0.25, -0.2) is 0 Å². The second-order valence-corrected chi connectivity index (χ2v) is 7.27. The predicted molar refractivity (Wildman–Crippen MR) is 120 cm³/mol. The Kier molecular flexibility index (Phi) is 7.55. The summed E-state index contributed by atoms with van der Waals surface area (Å²) in [5, 5.41) is 9.07. The van der Waals surface area contributed by atoms with Crippen LogP contribution in [0.2, 0.25) is 0 Å². The van der Waals surface area contributed by atoms with Crippen molar-refractivity contribution in [1.29, 1.82) is 5.26 Å². The SMILES string of the molecule is CCOc1ccc(N(CCC#N)C(=O)C2CC(=O)N(c3cc(OC)ccc3OC)C2)cc1. The van der Waals surface area contributed by atoms with E-state index in [-0.39, 0.29) is 37.7 Å². The number of methoxy groups -OCH3 is 2. The molecule has 8 heteroatoms. The van der Waals surface area contributed by atoms with Gasteiger partial charge >= 0.3 is 0 Å². The van der Waals surface area contributed by atoms with Crippen LogP contribution in [0.15, 0.2) is 42.5 Å². The van der Waals surface area contributed by atoms with Crippen molar-refractivity contribution >= 4 is 23.2 Å². The summed E-state index contributed by atoms with van der Waals surface area (Å²) in [4.78, 5) is 29.4. The van der Waals surface area contributed by atoms with Gasteiger partial charge in [-0.15, -0.1) is 0 Å². The maximum Gasteiger partial charge on any atom is 0.232 e. The van der Waals surface area contributed by atoms with Crippen molar-refractivity contribution in [2.75, 3.05) is 43.7 Å². The van der Waals surface area contributed by atoms with Gasteiger partial charge in [-0.1, -0.05) is 0 Å². The highest BCUT2D eigenvalue weighted by Crippen LogP contribution is 2.36. The van der Waals surface area contributed by atoms with Crippen LogP contribution in [0.1, 0.15) is 19.8 Å². The van der Waals surface area contributed by atoms with Crippen molar-refractivity contribution in [3.63, 3.8) is 0 Å². The molecule has 1 aliphatic rings. The van der Waals surface area contributed by atoms with Crippen molar-refractivity contribution in [3.8, 4) is 23.3 Å². The number of nitriles is 1. The zero-order chi connectivity index (χ0) is 23.1. The van der Waals surface area contributed by atoms with Crippen molar-refractivity contribution in [2.24, 2.45) is 5.92 Å². The second-order valence-electron chi connectivity index (χ2n) is 7.27. The molecule has 0 bridgehead atoms. The van der Waals surface area contributed by atoms with E-state index in [9.17, 15) is 9.59 Å². The summed E-state index contributed by atoms with van der Waals surface area (Å²) in [6, 6.07) is 14.5. The molecule has 0 N–H and O–H groups in total. The van der Waals surface area contributed by atoms with Crippen LogP contribution in [0.4, 0.5) is 11.4 Å². The molecule has 0 radical (unpaired) electrons. The number of hydrogen-bond acceptors (Lipinski definition) is 6. The third-order valence-corrected chi connectivity index (χ3v) is 5.32. The molecular formula is C24H27N3O5. The molecule has 0 spiro atoms. The normalized spacial score (nSPS) is 15.2. The molecule has 1 unspecified atom stereocenters. The largest absolute Gasteiger partial charge is 0.497 e. The first kappa shape index (κ1) is 22.9. The van der Waals surface area contributed by atoms with Crippen LogP contribution in [0.3, 0.4) is 0 Å². The van der Waals surface area contributed by atoms with Crippen molar-refractivity contribution in [3.05, 3.63) is 42.5 Å². The number of carbonyl (C=O) groups excluding carboxylic acids is 2. The molecule has 1 heterocycles. The molecular weight excluding hydrogens is 410 g/mol. The summed E-state index contributed by atoms with van der Waals surface area (Å²) in [7, 11) is 3.08. The fourth-order valence-corrected chi connectivity index (χ4v) is 3.75. The Balaban J connectivity index is 1.84. The molecule has 1 fully saturated rings. The number of rotatable bonds is 9. The minimum atomic E-state index is -0.538. The van der Waals surface area contributed by atoms with E-state index in [1.165, 1.54) is 7.11 Å². The Morgan fingerprint density at radius 3 is 2.50 bits per heavy atom. The molecule has 0 saturated carbocycles. The third-order valence-electron chi connectivity index (χ3n) is 5.32. The van der Waals surface area contributed by atoms with Gasteiger partial charge in [-0.2, -0.15) is 5.26 Å². The molecule has 32 heavy (non-hydrogen) atoms. The highest BCUT2D eigenvalue weighted by molar-refractivity contribution is 6.05. The maximum absolute atomic E-state index is 13.4. The summed E-state index contributed by atoms with van der Waals surface area (Å²) in [6.07, 6.45) is 0.270. The van der Waals surface area contributed by atoms with E-state index in [1.54, 1.807) is 59.4 Å². The highest BCUT2D eigenvalue weighted by atomic mass is 16.5. The van der Waals surface area contributed by atoms with E-state index in [4.69, 9.17) is 19.5 Å². The van der Waals surface area contributed by atoms with Crippen LogP contribution in [0, 0.1) is 17.2 Å². The van der Waals surface area contributed by atoms with Gasteiger partial charge in [0.05, 0.1) is 44.9 Å². The summed E-state index contributed by atoms with van der Waals surface area (Å²) in [5.74, 6) is 0.928. The molecule has 1 saturated heterocycles. The van der Waals surface area contributed by atoms with Gasteiger partial charge in [-0.05, 0) is 43.3 Å². The van der Waals surface area contributed by atoms with Gasteiger partial charge < -0.3 is 24.0 Å². The zero-order valence-corrected chi connectivity index (χ0v) is 18.5. The molecule has 1 atom stereocenters. The van der Waals surface area contributed by atoms with Crippen molar-refractivity contribution < 1.29 is 23.8 Å². The standard InChI is InChI=1S/C24H27N3O5/c1-4-32-19-8-6-18(7-9-19)26(13-5-12-25)24(29)17-14-23(28)27(16-17)21-15-20(30-2)10-11-22(21)31-3/h6-11,15,17H,4-5,13-14,16H2,1-3H3. The quantitative estimate of drug-likeness (QED) is 0.597. The van der Waals surface area contributed by atoms with Gasteiger partial charge in [0.15, 0.2) is 0 Å². The molecule has 2 aromatic rings. The Hall–Kier alpha value is -3.73. The summed E-state index contributed by atoms with van der Waals surface area (Å²) >= 11 is 0. The number of ether oxygens (including phenoxy) is 3. The van der Waals surface area contributed by atoms with E-state index < -0.39 is 5.92 Å². The fourth-order valence-electron chi connectivity index (χ4n) is 3.75. The lowest BCUT2D eigenvalue weighted by Crippen LogP contribution is -2.38. The summed E-state index contributed by atoms with van der Waals surface area (Å²) in [6.45, 7) is 2.92. The summed E-state index contributed by atoms with van der Waals surface area (Å²) in [5.41, 5.74) is 1.23. The minimum Gasteiger partial charge on any atom is -0.497 e. The molecule has 0 aliphatic carbocycles. The van der Waals surface area contributed by atoms with E-state index >= 15 is 0 Å². The Bertz CT molecular complexity index is 1000. The monoisotopic (exact) mass is 437 g/mol. The number of amides is 2. The molecule has 2 amide bonds. The topological polar surface area (TPSA) is 92.1 Å². The van der Waals surface area contributed by atoms with Crippen LogP contribution in [0.5, 0.6) is 17.2 Å². The Labute approximate surface area is 187 Å². The fraction of sp³-hybridized carbons (Fsp3) is 0.375. The molecule has 168 valence electrons. The smallest absolute Gasteiger partial charge is 0.232 e. The first-order valence-corrected chi connectivity index (χ1v) is 10.5. The van der Waals surface area contributed by atoms with E-state index in [0.717, 1.165) is 0 Å². The number of nitrogens with zero attached hydrogens (tertiary/aromatic N) is 3. The average Bonchev–Trinajstić information content (AvgIpc) is 3.21. The van der Waals surface area contributed by atoms with Crippen molar-refractivity contribution in [2.45, 2.75) is 19.8 Å². The number of benzene rings is 2. The predicted octanol–water partition coefficient (Wildman–Crippen LogP) is 3.40. The van der Waals surface area contributed by atoms with E-state index in [1.807, 2.05) is 6.92 Å². The molecule has 3 rings (SSSR count). The molecule has 2 aromatic carbocycles. The molecule has 0 aromatic heterocycles. The van der Waals surface area contributed by atoms with Gasteiger partial charge in [0.25, 0.3) is 0 Å². The van der Waals surface area contributed by atoms with Gasteiger partial charge in [0, 0.05) is 31.3 Å². The zero-order valence-electron chi connectivity index (χ0n) is 18.5. The summed E-state index contributed by atoms with van der Waals surface area (Å²) < 4.78 is 16.2. The lowest BCUT2D eigenvalue weighted by atomic mass is 10.1. The first-order chi connectivity index (χ1) is 15.5. The lowest BCUT2D eigenvalue weighted by molar-refractivity contribution is -0.124. The van der Waals surface area contributed by atoms with Gasteiger partial charge in [0.1, 0.15) is 17.2 Å². The van der Waals surface area contributed by atoms with E-state index in [2.05, 4.69) is 6.07 Å². The van der Waals surface area contributed by atoms with Crippen LogP contribution >= 0.6 is 0 Å². The number of carbonyl (C=O) groups is 2. The molecule has 1 aliphatic heterocycles. The highest BCUT2D eigenvalue weighted by Gasteiger charge is 2.38. The maximum atomic E-state index is 13.4. The third kappa shape index (κ3) is 4.94. The van der Waals surface area contributed by atoms with Crippen LogP contribution < -0.4 is 24.0 Å². The Morgan fingerprint density at radius 1 is 1.16 bits per heavy atom.